The van der Waals surface area contributed by atoms with Crippen molar-refractivity contribution in [3.63, 3.8) is 0 Å². The van der Waals surface area contributed by atoms with Gasteiger partial charge in [-0.3, -0.25) is 14.9 Å². The Labute approximate surface area is 113 Å². The zero-order valence-electron chi connectivity index (χ0n) is 10.5. The molecule has 102 valence electrons. The summed E-state index contributed by atoms with van der Waals surface area (Å²) in [5.74, 6) is -0.557. The quantitative estimate of drug-likeness (QED) is 0.485. The summed E-state index contributed by atoms with van der Waals surface area (Å²) in [6, 6.07) is 7.84. The van der Waals surface area contributed by atoms with Crippen molar-refractivity contribution in [2.45, 2.75) is 6.92 Å². The van der Waals surface area contributed by atoms with E-state index in [1.807, 2.05) is 0 Å². The van der Waals surface area contributed by atoms with E-state index < -0.39 is 10.7 Å². The van der Waals surface area contributed by atoms with Gasteiger partial charge in [0.15, 0.2) is 11.6 Å². The van der Waals surface area contributed by atoms with Crippen molar-refractivity contribution < 1.29 is 18.8 Å². The van der Waals surface area contributed by atoms with Crippen molar-refractivity contribution in [3.8, 4) is 11.5 Å². The van der Waals surface area contributed by atoms with Crippen molar-refractivity contribution >= 4 is 12.0 Å². The number of nitro groups is 1. The molecular weight excluding hydrogens is 265 g/mol. The average molecular weight is 275 g/mol. The second-order valence-corrected chi connectivity index (χ2v) is 4.12. The van der Waals surface area contributed by atoms with E-state index in [1.54, 1.807) is 25.1 Å². The Kier molecular flexibility index (Phi) is 3.74. The highest BCUT2D eigenvalue weighted by Crippen LogP contribution is 2.29. The van der Waals surface area contributed by atoms with Gasteiger partial charge in [-0.2, -0.15) is 0 Å². The van der Waals surface area contributed by atoms with E-state index >= 15 is 0 Å². The Morgan fingerprint density at radius 1 is 1.20 bits per heavy atom. The molecule has 0 fully saturated rings. The normalized spacial score (nSPS) is 10.1. The molecule has 0 amide bonds. The molecule has 0 saturated carbocycles. The lowest BCUT2D eigenvalue weighted by Gasteiger charge is -2.09. The van der Waals surface area contributed by atoms with Crippen LogP contribution in [-0.4, -0.2) is 11.2 Å². The maximum Gasteiger partial charge on any atom is 0.272 e. The number of rotatable bonds is 4. The fourth-order valence-corrected chi connectivity index (χ4v) is 1.66. The number of aryl methyl sites for hydroxylation is 1. The van der Waals surface area contributed by atoms with Gasteiger partial charge in [-0.1, -0.05) is 0 Å². The molecule has 0 aliphatic carbocycles. The third-order valence-corrected chi connectivity index (χ3v) is 2.68. The van der Waals surface area contributed by atoms with Crippen LogP contribution in [0.4, 0.5) is 10.1 Å². The summed E-state index contributed by atoms with van der Waals surface area (Å²) in [4.78, 5) is 20.4. The van der Waals surface area contributed by atoms with Gasteiger partial charge in [0.1, 0.15) is 12.0 Å². The molecule has 2 rings (SSSR count). The molecule has 0 aliphatic heterocycles. The molecule has 0 unspecified atom stereocenters. The van der Waals surface area contributed by atoms with Crippen molar-refractivity contribution in [2.24, 2.45) is 0 Å². The zero-order chi connectivity index (χ0) is 14.7. The largest absolute Gasteiger partial charge is 0.454 e. The maximum absolute atomic E-state index is 13.7. The van der Waals surface area contributed by atoms with Crippen LogP contribution in [0.3, 0.4) is 0 Å². The zero-order valence-corrected chi connectivity index (χ0v) is 10.5. The molecule has 0 N–H and O–H groups in total. The number of nitrogens with zero attached hydrogens (tertiary/aromatic N) is 1. The number of non-ortho nitro benzene ring substituents is 1. The Bertz CT molecular complexity index is 685. The SMILES string of the molecule is Cc1cc(C=O)ccc1Oc1ccc([N+](=O)[O-])cc1F. The second kappa shape index (κ2) is 5.48. The highest BCUT2D eigenvalue weighted by atomic mass is 19.1. The first-order valence-corrected chi connectivity index (χ1v) is 5.69. The first kappa shape index (κ1) is 13.7. The van der Waals surface area contributed by atoms with Crippen LogP contribution in [0.15, 0.2) is 36.4 Å². The van der Waals surface area contributed by atoms with Crippen molar-refractivity contribution in [2.75, 3.05) is 0 Å². The predicted octanol–water partition coefficient (Wildman–Crippen LogP) is 3.65. The molecule has 0 bridgehead atoms. The molecule has 2 aromatic carbocycles. The molecule has 5 nitrogen and oxygen atoms in total. The number of hydrogen-bond donors (Lipinski definition) is 0. The minimum Gasteiger partial charge on any atom is -0.454 e. The number of carbonyl (C=O) groups excluding carboxylic acids is 1. The first-order chi connectivity index (χ1) is 9.51. The van der Waals surface area contributed by atoms with Gasteiger partial charge in [0.25, 0.3) is 5.69 Å². The van der Waals surface area contributed by atoms with E-state index in [0.717, 1.165) is 12.1 Å². The number of nitro benzene ring substituents is 1. The lowest BCUT2D eigenvalue weighted by atomic mass is 10.1. The fraction of sp³-hybridized carbons (Fsp3) is 0.0714. The third-order valence-electron chi connectivity index (χ3n) is 2.68. The van der Waals surface area contributed by atoms with Crippen molar-refractivity contribution in [1.82, 2.24) is 0 Å². The smallest absolute Gasteiger partial charge is 0.272 e. The molecule has 0 radical (unpaired) electrons. The summed E-state index contributed by atoms with van der Waals surface area (Å²) >= 11 is 0. The topological polar surface area (TPSA) is 69.4 Å². The number of halogens is 1. The number of carbonyl (C=O) groups is 1. The molecule has 0 spiro atoms. The number of benzene rings is 2. The molecule has 2 aromatic rings. The lowest BCUT2D eigenvalue weighted by Crippen LogP contribution is -1.94. The molecule has 0 saturated heterocycles. The van der Waals surface area contributed by atoms with Gasteiger partial charge in [0, 0.05) is 11.6 Å². The van der Waals surface area contributed by atoms with E-state index in [9.17, 15) is 19.3 Å². The summed E-state index contributed by atoms with van der Waals surface area (Å²) in [5, 5.41) is 10.5. The number of aldehydes is 1. The van der Waals surface area contributed by atoms with Crippen LogP contribution in [0.5, 0.6) is 11.5 Å². The van der Waals surface area contributed by atoms with Crippen LogP contribution in [0.1, 0.15) is 15.9 Å². The minimum absolute atomic E-state index is 0.113. The number of hydrogen-bond acceptors (Lipinski definition) is 4. The Balaban J connectivity index is 2.30. The van der Waals surface area contributed by atoms with Crippen molar-refractivity contribution in [1.29, 1.82) is 0 Å². The van der Waals surface area contributed by atoms with Crippen LogP contribution in [0.2, 0.25) is 0 Å². The second-order valence-electron chi connectivity index (χ2n) is 4.12. The van der Waals surface area contributed by atoms with Gasteiger partial charge in [0.05, 0.1) is 11.0 Å². The van der Waals surface area contributed by atoms with Crippen LogP contribution >= 0.6 is 0 Å². The summed E-state index contributed by atoms with van der Waals surface area (Å²) < 4.78 is 19.0. The van der Waals surface area contributed by atoms with Crippen LogP contribution < -0.4 is 4.74 Å². The van der Waals surface area contributed by atoms with E-state index in [1.165, 1.54) is 6.07 Å². The van der Waals surface area contributed by atoms with Gasteiger partial charge >= 0.3 is 0 Å². The first-order valence-electron chi connectivity index (χ1n) is 5.69. The van der Waals surface area contributed by atoms with Crippen LogP contribution in [0.25, 0.3) is 0 Å². The lowest BCUT2D eigenvalue weighted by molar-refractivity contribution is -0.385. The summed E-state index contributed by atoms with van der Waals surface area (Å²) in [5.41, 5.74) is 0.800. The van der Waals surface area contributed by atoms with Gasteiger partial charge < -0.3 is 4.74 Å². The third kappa shape index (κ3) is 2.80. The van der Waals surface area contributed by atoms with E-state index in [0.29, 0.717) is 23.2 Å². The fourth-order valence-electron chi connectivity index (χ4n) is 1.66. The highest BCUT2D eigenvalue weighted by molar-refractivity contribution is 5.75. The predicted molar refractivity (Wildman–Crippen MR) is 69.7 cm³/mol. The van der Waals surface area contributed by atoms with E-state index in [2.05, 4.69) is 0 Å². The van der Waals surface area contributed by atoms with Crippen LogP contribution in [0, 0.1) is 22.9 Å². The van der Waals surface area contributed by atoms with E-state index in [-0.39, 0.29) is 11.4 Å². The van der Waals surface area contributed by atoms with E-state index in [4.69, 9.17) is 4.74 Å². The molecule has 6 heteroatoms. The minimum atomic E-state index is -0.821. The van der Waals surface area contributed by atoms with Gasteiger partial charge in [-0.25, -0.2) is 4.39 Å². The summed E-state index contributed by atoms with van der Waals surface area (Å²) in [6.45, 7) is 1.71. The molecule has 0 heterocycles. The summed E-state index contributed by atoms with van der Waals surface area (Å²) in [7, 11) is 0. The van der Waals surface area contributed by atoms with Gasteiger partial charge in [-0.15, -0.1) is 0 Å². The monoisotopic (exact) mass is 275 g/mol. The Hall–Kier alpha value is -2.76. The molecule has 20 heavy (non-hydrogen) atoms. The molecular formula is C14H10FNO4. The summed E-state index contributed by atoms with van der Waals surface area (Å²) in [6.07, 6.45) is 0.698. The standard InChI is InChI=1S/C14H10FNO4/c1-9-6-10(8-17)2-4-13(9)20-14-5-3-11(16(18)19)7-12(14)15/h2-8H,1H3. The number of ether oxygens (including phenoxy) is 1. The average Bonchev–Trinajstić information content (AvgIpc) is 2.42. The highest BCUT2D eigenvalue weighted by Gasteiger charge is 2.13. The molecule has 0 aliphatic rings. The van der Waals surface area contributed by atoms with Gasteiger partial charge in [0.2, 0.25) is 0 Å². The molecule has 0 aromatic heterocycles. The van der Waals surface area contributed by atoms with Gasteiger partial charge in [-0.05, 0) is 36.8 Å². The van der Waals surface area contributed by atoms with Crippen molar-refractivity contribution in [3.05, 3.63) is 63.5 Å². The Morgan fingerprint density at radius 3 is 2.45 bits per heavy atom. The maximum atomic E-state index is 13.7. The van der Waals surface area contributed by atoms with Crippen LogP contribution in [-0.2, 0) is 0 Å². The Morgan fingerprint density at radius 2 is 1.90 bits per heavy atom. The molecule has 0 atom stereocenters.